The predicted octanol–water partition coefficient (Wildman–Crippen LogP) is 2.55. The van der Waals surface area contributed by atoms with Crippen molar-refractivity contribution in [2.24, 2.45) is 0 Å². The monoisotopic (exact) mass is 266 g/mol. The van der Waals surface area contributed by atoms with Crippen molar-refractivity contribution in [1.82, 2.24) is 10.2 Å². The molecule has 0 radical (unpaired) electrons. The van der Waals surface area contributed by atoms with Gasteiger partial charge in [0.1, 0.15) is 0 Å². The molecule has 1 saturated carbocycles. The third-order valence-corrected chi connectivity index (χ3v) is 5.43. The molecule has 3 heteroatoms. The first-order valence-corrected chi connectivity index (χ1v) is 8.15. The second-order valence-electron chi connectivity index (χ2n) is 7.70. The maximum atomic E-state index is 6.07. The lowest BCUT2D eigenvalue weighted by molar-refractivity contribution is -0.0329. The van der Waals surface area contributed by atoms with Gasteiger partial charge in [0, 0.05) is 30.7 Å². The summed E-state index contributed by atoms with van der Waals surface area (Å²) in [5, 5.41) is 3.77. The normalized spacial score (nSPS) is 38.1. The Bertz CT molecular complexity index is 323. The van der Waals surface area contributed by atoms with Gasteiger partial charge >= 0.3 is 0 Å². The molecule has 0 bridgehead atoms. The minimum Gasteiger partial charge on any atom is -0.374 e. The van der Waals surface area contributed by atoms with Crippen molar-refractivity contribution >= 4 is 0 Å². The van der Waals surface area contributed by atoms with E-state index < -0.39 is 0 Å². The fourth-order valence-corrected chi connectivity index (χ4v) is 4.27. The number of hydrogen-bond acceptors (Lipinski definition) is 3. The van der Waals surface area contributed by atoms with E-state index in [-0.39, 0.29) is 5.54 Å². The number of ether oxygens (including phenoxy) is 1. The van der Waals surface area contributed by atoms with Gasteiger partial charge in [0.25, 0.3) is 0 Å². The highest BCUT2D eigenvalue weighted by Crippen LogP contribution is 2.39. The van der Waals surface area contributed by atoms with Gasteiger partial charge in [0.15, 0.2) is 0 Å². The molecular weight excluding hydrogens is 236 g/mol. The Balaban J connectivity index is 1.70. The summed E-state index contributed by atoms with van der Waals surface area (Å²) in [4.78, 5) is 2.78. The molecule has 0 aromatic heterocycles. The molecule has 110 valence electrons. The van der Waals surface area contributed by atoms with Crippen molar-refractivity contribution in [1.29, 1.82) is 0 Å². The molecule has 1 spiro atoms. The van der Waals surface area contributed by atoms with E-state index in [1.54, 1.807) is 0 Å². The fourth-order valence-electron chi connectivity index (χ4n) is 4.27. The van der Waals surface area contributed by atoms with Crippen LogP contribution in [0.2, 0.25) is 0 Å². The molecule has 0 aromatic carbocycles. The van der Waals surface area contributed by atoms with Gasteiger partial charge in [-0.2, -0.15) is 0 Å². The molecule has 0 aromatic rings. The molecule has 2 heterocycles. The summed E-state index contributed by atoms with van der Waals surface area (Å²) in [7, 11) is 0. The summed E-state index contributed by atoms with van der Waals surface area (Å²) in [6.07, 6.45) is 8.99. The second-order valence-corrected chi connectivity index (χ2v) is 7.70. The number of piperazine rings is 1. The van der Waals surface area contributed by atoms with E-state index >= 15 is 0 Å². The van der Waals surface area contributed by atoms with E-state index in [9.17, 15) is 0 Å². The average molecular weight is 266 g/mol. The fraction of sp³-hybridized carbons (Fsp3) is 1.00. The van der Waals surface area contributed by atoms with Gasteiger partial charge in [-0.25, -0.2) is 0 Å². The molecule has 3 fully saturated rings. The van der Waals surface area contributed by atoms with Crippen LogP contribution in [0, 0.1) is 0 Å². The van der Waals surface area contributed by atoms with E-state index in [1.807, 2.05) is 0 Å². The Kier molecular flexibility index (Phi) is 3.65. The van der Waals surface area contributed by atoms with Crippen LogP contribution in [-0.4, -0.2) is 47.8 Å². The Morgan fingerprint density at radius 1 is 1.21 bits per heavy atom. The molecule has 1 aliphatic carbocycles. The Morgan fingerprint density at radius 3 is 2.58 bits per heavy atom. The van der Waals surface area contributed by atoms with Crippen molar-refractivity contribution in [2.45, 2.75) is 82.6 Å². The molecule has 3 nitrogen and oxygen atoms in total. The molecule has 19 heavy (non-hydrogen) atoms. The Hall–Kier alpha value is -0.120. The summed E-state index contributed by atoms with van der Waals surface area (Å²) in [5.41, 5.74) is 0.683. The molecule has 3 aliphatic rings. The number of nitrogens with zero attached hydrogens (tertiary/aromatic N) is 1. The molecule has 2 aliphatic heterocycles. The van der Waals surface area contributed by atoms with Crippen molar-refractivity contribution in [3.8, 4) is 0 Å². The molecular formula is C16H30N2O. The first-order valence-electron chi connectivity index (χ1n) is 8.15. The van der Waals surface area contributed by atoms with Crippen LogP contribution < -0.4 is 5.32 Å². The van der Waals surface area contributed by atoms with E-state index in [2.05, 4.69) is 31.0 Å². The van der Waals surface area contributed by atoms with Gasteiger partial charge in [-0.1, -0.05) is 12.8 Å². The van der Waals surface area contributed by atoms with Crippen LogP contribution in [0.4, 0.5) is 0 Å². The van der Waals surface area contributed by atoms with Crippen LogP contribution in [0.15, 0.2) is 0 Å². The van der Waals surface area contributed by atoms with Crippen LogP contribution in [0.25, 0.3) is 0 Å². The van der Waals surface area contributed by atoms with E-state index in [1.165, 1.54) is 51.6 Å². The lowest BCUT2D eigenvalue weighted by Crippen LogP contribution is -2.68. The summed E-state index contributed by atoms with van der Waals surface area (Å²) in [6.45, 7) is 10.4. The minimum atomic E-state index is 0.248. The van der Waals surface area contributed by atoms with Gasteiger partial charge in [-0.15, -0.1) is 0 Å². The topological polar surface area (TPSA) is 24.5 Å². The zero-order valence-corrected chi connectivity index (χ0v) is 12.9. The standard InChI is InChI=1S/C16H30N2O/c1-13-6-7-14(19-13)10-18-12-15(2,3)17-11-16(18)8-4-5-9-16/h13-14,17H,4-12H2,1-3H3. The van der Waals surface area contributed by atoms with Crippen molar-refractivity contribution in [3.05, 3.63) is 0 Å². The van der Waals surface area contributed by atoms with Crippen molar-refractivity contribution in [3.63, 3.8) is 0 Å². The molecule has 2 unspecified atom stereocenters. The predicted molar refractivity (Wildman–Crippen MR) is 78.4 cm³/mol. The van der Waals surface area contributed by atoms with E-state index in [4.69, 9.17) is 4.74 Å². The molecule has 0 amide bonds. The van der Waals surface area contributed by atoms with Crippen LogP contribution >= 0.6 is 0 Å². The first-order chi connectivity index (χ1) is 8.99. The first kappa shape index (κ1) is 13.8. The van der Waals surface area contributed by atoms with Gasteiger partial charge in [0.2, 0.25) is 0 Å². The van der Waals surface area contributed by atoms with Crippen LogP contribution in [-0.2, 0) is 4.74 Å². The highest BCUT2D eigenvalue weighted by Gasteiger charge is 2.46. The quantitative estimate of drug-likeness (QED) is 0.831. The highest BCUT2D eigenvalue weighted by atomic mass is 16.5. The zero-order chi connectivity index (χ0) is 13.5. The summed E-state index contributed by atoms with van der Waals surface area (Å²) in [5.74, 6) is 0. The maximum Gasteiger partial charge on any atom is 0.0706 e. The molecule has 2 saturated heterocycles. The van der Waals surface area contributed by atoms with E-state index in [0.29, 0.717) is 17.7 Å². The Labute approximate surface area is 118 Å². The summed E-state index contributed by atoms with van der Waals surface area (Å²) < 4.78 is 6.07. The van der Waals surface area contributed by atoms with E-state index in [0.717, 1.165) is 6.54 Å². The highest BCUT2D eigenvalue weighted by molar-refractivity contribution is 5.05. The van der Waals surface area contributed by atoms with Gasteiger partial charge in [-0.3, -0.25) is 4.90 Å². The third kappa shape index (κ3) is 2.84. The van der Waals surface area contributed by atoms with Gasteiger partial charge in [-0.05, 0) is 46.5 Å². The Morgan fingerprint density at radius 2 is 1.95 bits per heavy atom. The van der Waals surface area contributed by atoms with Crippen molar-refractivity contribution < 1.29 is 4.74 Å². The van der Waals surface area contributed by atoms with Gasteiger partial charge in [0.05, 0.1) is 12.2 Å². The van der Waals surface area contributed by atoms with Crippen LogP contribution in [0.3, 0.4) is 0 Å². The number of hydrogen-bond donors (Lipinski definition) is 1. The molecule has 2 atom stereocenters. The smallest absolute Gasteiger partial charge is 0.0706 e. The number of nitrogens with one attached hydrogen (secondary N) is 1. The zero-order valence-electron chi connectivity index (χ0n) is 12.9. The second kappa shape index (κ2) is 5.01. The average Bonchev–Trinajstić information content (AvgIpc) is 2.95. The number of rotatable bonds is 2. The van der Waals surface area contributed by atoms with Gasteiger partial charge < -0.3 is 10.1 Å². The minimum absolute atomic E-state index is 0.248. The summed E-state index contributed by atoms with van der Waals surface area (Å²) in [6, 6.07) is 0. The largest absolute Gasteiger partial charge is 0.374 e. The van der Waals surface area contributed by atoms with Crippen LogP contribution in [0.5, 0.6) is 0 Å². The third-order valence-electron chi connectivity index (χ3n) is 5.43. The molecule has 3 rings (SSSR count). The lowest BCUT2D eigenvalue weighted by atomic mass is 9.86. The lowest BCUT2D eigenvalue weighted by Gasteiger charge is -2.52. The van der Waals surface area contributed by atoms with Crippen LogP contribution in [0.1, 0.15) is 59.3 Å². The summed E-state index contributed by atoms with van der Waals surface area (Å²) >= 11 is 0. The SMILES string of the molecule is CC1CCC(CN2CC(C)(C)NCC23CCCC3)O1. The molecule has 1 N–H and O–H groups in total. The van der Waals surface area contributed by atoms with Crippen molar-refractivity contribution in [2.75, 3.05) is 19.6 Å². The maximum absolute atomic E-state index is 6.07.